The van der Waals surface area contributed by atoms with Crippen LogP contribution < -0.4 is 5.48 Å². The second kappa shape index (κ2) is 11.5. The van der Waals surface area contributed by atoms with Crippen molar-refractivity contribution >= 4 is 40.6 Å². The second-order valence-corrected chi connectivity index (χ2v) is 9.80. The molecule has 3 rings (SSSR count). The number of sulfone groups is 1. The van der Waals surface area contributed by atoms with Crippen LogP contribution in [0.5, 0.6) is 0 Å². The fraction of sp³-hybridized carbons (Fsp3) is 0.450. The predicted octanol–water partition coefficient (Wildman–Crippen LogP) is 3.40. The van der Waals surface area contributed by atoms with Gasteiger partial charge in [-0.3, -0.25) is 20.0 Å². The number of amides is 1. The number of nitrogens with zero attached hydrogens (tertiary/aromatic N) is 2. The Morgan fingerprint density at radius 1 is 1.15 bits per heavy atom. The SMILES string of the molecule is CC(F)(F)CCc1cnc(-c2ccc(S(=O)(=O)C3(C(=O)NO)CCOCC3)cc2)cn1.Cl.Cl. The number of carbonyl (C=O) groups excluding carboxylic acids is 1. The summed E-state index contributed by atoms with van der Waals surface area (Å²) >= 11 is 0. The van der Waals surface area contributed by atoms with Crippen LogP contribution in [0.1, 0.15) is 31.9 Å². The van der Waals surface area contributed by atoms with Gasteiger partial charge in [0.2, 0.25) is 5.92 Å². The zero-order valence-corrected chi connectivity index (χ0v) is 20.1. The first-order chi connectivity index (χ1) is 14.6. The number of ether oxygens (including phenoxy) is 1. The lowest BCUT2D eigenvalue weighted by Crippen LogP contribution is -2.54. The highest BCUT2D eigenvalue weighted by molar-refractivity contribution is 7.93. The van der Waals surface area contributed by atoms with Crippen molar-refractivity contribution in [2.24, 2.45) is 0 Å². The standard InChI is InChI=1S/C20H23F2N3O5S.2ClH/c1-19(21,22)7-6-15-12-24-17(13-23-15)14-2-4-16(5-3-14)31(28,29)20(18(26)25-27)8-10-30-11-9-20;;/h2-5,12-13,27H,6-11H2,1H3,(H,25,26);2*1H. The first kappa shape index (κ1) is 29.1. The Morgan fingerprint density at radius 2 is 1.76 bits per heavy atom. The van der Waals surface area contributed by atoms with Gasteiger partial charge in [-0.25, -0.2) is 22.7 Å². The van der Waals surface area contributed by atoms with Gasteiger partial charge in [-0.1, -0.05) is 12.1 Å². The van der Waals surface area contributed by atoms with E-state index >= 15 is 0 Å². The number of benzene rings is 1. The molecule has 0 aliphatic carbocycles. The zero-order valence-electron chi connectivity index (χ0n) is 17.7. The van der Waals surface area contributed by atoms with Crippen LogP contribution in [0.2, 0.25) is 0 Å². The summed E-state index contributed by atoms with van der Waals surface area (Å²) < 4.78 is 55.8. The molecule has 0 radical (unpaired) electrons. The Morgan fingerprint density at radius 3 is 2.24 bits per heavy atom. The molecule has 1 fully saturated rings. The van der Waals surface area contributed by atoms with Crippen molar-refractivity contribution in [1.29, 1.82) is 0 Å². The van der Waals surface area contributed by atoms with Crippen LogP contribution in [0.3, 0.4) is 0 Å². The molecule has 1 amide bonds. The number of hydrogen-bond donors (Lipinski definition) is 2. The summed E-state index contributed by atoms with van der Waals surface area (Å²) in [6.45, 7) is 1.01. The average molecular weight is 528 g/mol. The number of rotatable bonds is 7. The van der Waals surface area contributed by atoms with E-state index in [0.29, 0.717) is 17.0 Å². The molecule has 1 aromatic carbocycles. The molecule has 1 aromatic heterocycles. The van der Waals surface area contributed by atoms with Gasteiger partial charge >= 0.3 is 0 Å². The molecule has 0 atom stereocenters. The molecule has 0 saturated carbocycles. The van der Waals surface area contributed by atoms with Crippen molar-refractivity contribution in [2.75, 3.05) is 13.2 Å². The number of nitrogens with one attached hydrogen (secondary N) is 1. The highest BCUT2D eigenvalue weighted by atomic mass is 35.5. The van der Waals surface area contributed by atoms with Crippen LogP contribution >= 0.6 is 24.8 Å². The van der Waals surface area contributed by atoms with Crippen LogP contribution in [-0.2, 0) is 25.8 Å². The lowest BCUT2D eigenvalue weighted by Gasteiger charge is -2.34. The van der Waals surface area contributed by atoms with E-state index in [9.17, 15) is 22.0 Å². The maximum atomic E-state index is 13.2. The molecule has 2 heterocycles. The Hall–Kier alpha value is -1.92. The second-order valence-electron chi connectivity index (χ2n) is 7.54. The molecule has 2 aromatic rings. The first-order valence-electron chi connectivity index (χ1n) is 9.65. The number of hydrogen-bond acceptors (Lipinski definition) is 7. The van der Waals surface area contributed by atoms with Crippen LogP contribution in [0.25, 0.3) is 11.3 Å². The van der Waals surface area contributed by atoms with Crippen LogP contribution in [0.15, 0.2) is 41.6 Å². The molecule has 2 N–H and O–H groups in total. The Labute approximate surface area is 202 Å². The van der Waals surface area contributed by atoms with E-state index in [4.69, 9.17) is 9.94 Å². The number of aryl methyl sites for hydroxylation is 1. The first-order valence-corrected chi connectivity index (χ1v) is 11.1. The van der Waals surface area contributed by atoms with Gasteiger partial charge in [-0.05, 0) is 38.3 Å². The number of alkyl halides is 2. The molecule has 1 aliphatic rings. The molecule has 33 heavy (non-hydrogen) atoms. The fourth-order valence-electron chi connectivity index (χ4n) is 3.43. The summed E-state index contributed by atoms with van der Waals surface area (Å²) in [5.74, 6) is -3.77. The molecular weight excluding hydrogens is 503 g/mol. The highest BCUT2D eigenvalue weighted by Crippen LogP contribution is 2.35. The number of halogens is 4. The summed E-state index contributed by atoms with van der Waals surface area (Å²) in [7, 11) is -4.12. The molecule has 13 heteroatoms. The van der Waals surface area contributed by atoms with E-state index in [1.165, 1.54) is 42.1 Å². The summed E-state index contributed by atoms with van der Waals surface area (Å²) in [6.07, 6.45) is 2.45. The highest BCUT2D eigenvalue weighted by Gasteiger charge is 2.52. The van der Waals surface area contributed by atoms with Gasteiger partial charge in [0, 0.05) is 31.4 Å². The van der Waals surface area contributed by atoms with E-state index in [0.717, 1.165) is 6.92 Å². The minimum absolute atomic E-state index is 0. The summed E-state index contributed by atoms with van der Waals surface area (Å²) in [5, 5.41) is 9.10. The minimum atomic E-state index is -4.12. The third-order valence-corrected chi connectivity index (χ3v) is 7.83. The van der Waals surface area contributed by atoms with Gasteiger partial charge in [0.05, 0.1) is 22.5 Å². The lowest BCUT2D eigenvalue weighted by atomic mass is 9.98. The van der Waals surface area contributed by atoms with Gasteiger partial charge in [0.1, 0.15) is 0 Å². The van der Waals surface area contributed by atoms with E-state index in [1.54, 1.807) is 0 Å². The van der Waals surface area contributed by atoms with Gasteiger partial charge in [0.15, 0.2) is 14.6 Å². The zero-order chi connectivity index (χ0) is 22.7. The summed E-state index contributed by atoms with van der Waals surface area (Å²) in [6, 6.07) is 5.78. The van der Waals surface area contributed by atoms with E-state index in [1.807, 2.05) is 0 Å². The monoisotopic (exact) mass is 527 g/mol. The molecule has 0 unspecified atom stereocenters. The van der Waals surface area contributed by atoms with Crippen molar-refractivity contribution in [3.8, 4) is 11.3 Å². The maximum absolute atomic E-state index is 13.2. The molecule has 0 bridgehead atoms. The largest absolute Gasteiger partial charge is 0.381 e. The third-order valence-electron chi connectivity index (χ3n) is 5.32. The van der Waals surface area contributed by atoms with Crippen molar-refractivity contribution in [3.05, 3.63) is 42.4 Å². The number of hydroxylamine groups is 1. The quantitative estimate of drug-likeness (QED) is 0.418. The summed E-state index contributed by atoms with van der Waals surface area (Å²) in [5.41, 5.74) is 2.93. The molecule has 8 nitrogen and oxygen atoms in total. The van der Waals surface area contributed by atoms with Crippen molar-refractivity contribution < 1.29 is 31.9 Å². The van der Waals surface area contributed by atoms with E-state index < -0.39 is 26.4 Å². The topological polar surface area (TPSA) is 118 Å². The van der Waals surface area contributed by atoms with Gasteiger partial charge < -0.3 is 4.74 Å². The fourth-order valence-corrected chi connectivity index (χ4v) is 5.37. The Kier molecular flexibility index (Phi) is 10.1. The molecule has 0 spiro atoms. The average Bonchev–Trinajstić information content (AvgIpc) is 2.77. The van der Waals surface area contributed by atoms with Crippen molar-refractivity contribution in [1.82, 2.24) is 15.4 Å². The van der Waals surface area contributed by atoms with Crippen molar-refractivity contribution in [3.63, 3.8) is 0 Å². The summed E-state index contributed by atoms with van der Waals surface area (Å²) in [4.78, 5) is 20.6. The lowest BCUT2D eigenvalue weighted by molar-refractivity contribution is -0.134. The van der Waals surface area contributed by atoms with Crippen LogP contribution in [-0.4, -0.2) is 53.4 Å². The third kappa shape index (κ3) is 6.36. The Bertz CT molecular complexity index is 1030. The Balaban J connectivity index is 0.00000272. The van der Waals surface area contributed by atoms with Crippen molar-refractivity contribution in [2.45, 2.75) is 48.2 Å². The van der Waals surface area contributed by atoms with Gasteiger partial charge in [0.25, 0.3) is 5.91 Å². The maximum Gasteiger partial charge on any atom is 0.265 e. The number of aromatic nitrogens is 2. The van der Waals surface area contributed by atoms with Crippen LogP contribution in [0, 0.1) is 0 Å². The normalized spacial score (nSPS) is 15.6. The smallest absolute Gasteiger partial charge is 0.265 e. The van der Waals surface area contributed by atoms with Gasteiger partial charge in [-0.2, -0.15) is 0 Å². The van der Waals surface area contributed by atoms with E-state index in [2.05, 4.69) is 9.97 Å². The molecule has 1 aliphatic heterocycles. The predicted molar refractivity (Wildman–Crippen MR) is 121 cm³/mol. The van der Waals surface area contributed by atoms with E-state index in [-0.39, 0.29) is 68.6 Å². The number of carbonyl (C=O) groups is 1. The molecule has 1 saturated heterocycles. The van der Waals surface area contributed by atoms with Crippen LogP contribution in [0.4, 0.5) is 8.78 Å². The molecule has 184 valence electrons. The minimum Gasteiger partial charge on any atom is -0.381 e. The van der Waals surface area contributed by atoms with Gasteiger partial charge in [-0.15, -0.1) is 24.8 Å². The molecular formula is C20H25Cl2F2N3O5S.